The number of para-hydroxylation sites is 2. The van der Waals surface area contributed by atoms with E-state index in [4.69, 9.17) is 4.74 Å². The molecule has 0 saturated carbocycles. The van der Waals surface area contributed by atoms with E-state index in [-0.39, 0.29) is 17.5 Å². The summed E-state index contributed by atoms with van der Waals surface area (Å²) in [6.07, 6.45) is 0. The van der Waals surface area contributed by atoms with E-state index in [0.29, 0.717) is 23.7 Å². The molecule has 0 aliphatic rings. The highest BCUT2D eigenvalue weighted by atomic mass is 19.2. The number of aryl methyl sites for hydroxylation is 1. The van der Waals surface area contributed by atoms with Crippen LogP contribution in [0, 0.1) is 24.4 Å². The molecule has 0 radical (unpaired) electrons. The smallest absolute Gasteiger partial charge is 0.229 e. The number of hydrogen-bond acceptors (Lipinski definition) is 5. The molecule has 140 valence electrons. The second-order valence-corrected chi connectivity index (χ2v) is 5.62. The highest BCUT2D eigenvalue weighted by Gasteiger charge is 2.14. The molecule has 27 heavy (non-hydrogen) atoms. The van der Waals surface area contributed by atoms with E-state index >= 15 is 0 Å². The van der Waals surface area contributed by atoms with Crippen molar-refractivity contribution in [3.8, 4) is 5.75 Å². The fraction of sp³-hybridized carbons (Fsp3) is 0.158. The molecule has 0 unspecified atom stereocenters. The molecule has 0 aliphatic heterocycles. The van der Waals surface area contributed by atoms with Gasteiger partial charge in [0.25, 0.3) is 0 Å². The van der Waals surface area contributed by atoms with Gasteiger partial charge in [-0.1, -0.05) is 12.1 Å². The molecule has 2 aromatic carbocycles. The first-order valence-corrected chi connectivity index (χ1v) is 8.23. The molecule has 5 nitrogen and oxygen atoms in total. The first-order chi connectivity index (χ1) is 13.0. The summed E-state index contributed by atoms with van der Waals surface area (Å²) in [5.74, 6) is -3.02. The summed E-state index contributed by atoms with van der Waals surface area (Å²) in [7, 11) is 0. The SMILES string of the molecule is CCOc1ccccc1Nc1nc(C)cc(Nc2ccc(F)c(F)c2F)n1. The average Bonchev–Trinajstić information content (AvgIpc) is 2.64. The number of aromatic nitrogens is 2. The molecule has 0 spiro atoms. The molecule has 0 fully saturated rings. The molecule has 0 atom stereocenters. The number of halogens is 3. The summed E-state index contributed by atoms with van der Waals surface area (Å²) in [5.41, 5.74) is 1.02. The van der Waals surface area contributed by atoms with E-state index in [1.807, 2.05) is 19.1 Å². The maximum Gasteiger partial charge on any atom is 0.229 e. The Morgan fingerprint density at radius 1 is 0.926 bits per heavy atom. The van der Waals surface area contributed by atoms with Crippen LogP contribution in [-0.2, 0) is 0 Å². The summed E-state index contributed by atoms with van der Waals surface area (Å²) in [4.78, 5) is 8.53. The number of hydrogen-bond donors (Lipinski definition) is 2. The lowest BCUT2D eigenvalue weighted by atomic mass is 10.2. The van der Waals surface area contributed by atoms with Gasteiger partial charge in [0.05, 0.1) is 18.0 Å². The zero-order valence-electron chi connectivity index (χ0n) is 14.7. The zero-order valence-corrected chi connectivity index (χ0v) is 14.7. The van der Waals surface area contributed by atoms with Crippen LogP contribution >= 0.6 is 0 Å². The number of benzene rings is 2. The molecule has 3 rings (SSSR count). The lowest BCUT2D eigenvalue weighted by Gasteiger charge is -2.13. The fourth-order valence-corrected chi connectivity index (χ4v) is 2.42. The van der Waals surface area contributed by atoms with Crippen molar-refractivity contribution in [2.45, 2.75) is 13.8 Å². The Kier molecular flexibility index (Phi) is 5.44. The molecular formula is C19H17F3N4O. The minimum Gasteiger partial charge on any atom is -0.492 e. The summed E-state index contributed by atoms with van der Waals surface area (Å²) in [6.45, 7) is 4.10. The van der Waals surface area contributed by atoms with Gasteiger partial charge in [0, 0.05) is 11.8 Å². The number of ether oxygens (including phenoxy) is 1. The Bertz CT molecular complexity index is 966. The van der Waals surface area contributed by atoms with Crippen LogP contribution < -0.4 is 15.4 Å². The third-order valence-electron chi connectivity index (χ3n) is 3.59. The van der Waals surface area contributed by atoms with Crippen LogP contribution in [0.3, 0.4) is 0 Å². The standard InChI is InChI=1S/C19H17F3N4O/c1-3-27-15-7-5-4-6-13(15)25-19-23-11(2)10-16(26-19)24-14-9-8-12(20)17(21)18(14)22/h4-10H,3H2,1-2H3,(H2,23,24,25,26). The van der Waals surface area contributed by atoms with Crippen molar-refractivity contribution >= 4 is 23.1 Å². The van der Waals surface area contributed by atoms with Crippen LogP contribution in [0.15, 0.2) is 42.5 Å². The lowest BCUT2D eigenvalue weighted by molar-refractivity contribution is 0.342. The van der Waals surface area contributed by atoms with E-state index in [1.165, 1.54) is 0 Å². The van der Waals surface area contributed by atoms with E-state index in [2.05, 4.69) is 20.6 Å². The minimum atomic E-state index is -1.55. The van der Waals surface area contributed by atoms with E-state index in [9.17, 15) is 13.2 Å². The summed E-state index contributed by atoms with van der Waals surface area (Å²) in [5, 5.41) is 5.69. The topological polar surface area (TPSA) is 59.1 Å². The van der Waals surface area contributed by atoms with Crippen molar-refractivity contribution in [2.75, 3.05) is 17.2 Å². The number of rotatable bonds is 6. The van der Waals surface area contributed by atoms with Gasteiger partial charge in [-0.15, -0.1) is 0 Å². The highest BCUT2D eigenvalue weighted by molar-refractivity contribution is 5.64. The molecule has 0 amide bonds. The Morgan fingerprint density at radius 3 is 2.48 bits per heavy atom. The molecule has 0 bridgehead atoms. The first-order valence-electron chi connectivity index (χ1n) is 8.23. The van der Waals surface area contributed by atoms with E-state index < -0.39 is 17.5 Å². The first kappa shape index (κ1) is 18.5. The molecule has 8 heteroatoms. The van der Waals surface area contributed by atoms with E-state index in [1.54, 1.807) is 25.1 Å². The van der Waals surface area contributed by atoms with Gasteiger partial charge in [0.2, 0.25) is 5.95 Å². The summed E-state index contributed by atoms with van der Waals surface area (Å²) in [6, 6.07) is 10.8. The van der Waals surface area contributed by atoms with Crippen LogP contribution in [0.25, 0.3) is 0 Å². The predicted octanol–water partition coefficient (Wildman–Crippen LogP) is 5.09. The van der Waals surface area contributed by atoms with E-state index in [0.717, 1.165) is 12.1 Å². The lowest BCUT2D eigenvalue weighted by Crippen LogP contribution is -2.05. The minimum absolute atomic E-state index is 0.226. The molecule has 0 saturated heterocycles. The maximum atomic E-state index is 13.9. The molecule has 1 heterocycles. The van der Waals surface area contributed by atoms with Crippen LogP contribution in [0.4, 0.5) is 36.3 Å². The molecule has 2 N–H and O–H groups in total. The molecule has 1 aromatic heterocycles. The van der Waals surface area contributed by atoms with Crippen molar-refractivity contribution in [1.29, 1.82) is 0 Å². The van der Waals surface area contributed by atoms with Gasteiger partial charge >= 0.3 is 0 Å². The Balaban J connectivity index is 1.88. The van der Waals surface area contributed by atoms with Crippen LogP contribution in [0.2, 0.25) is 0 Å². The Hall–Kier alpha value is -3.29. The molecule has 0 aliphatic carbocycles. The normalized spacial score (nSPS) is 10.6. The largest absolute Gasteiger partial charge is 0.492 e. The average molecular weight is 374 g/mol. The van der Waals surface area contributed by atoms with Gasteiger partial charge in [-0.3, -0.25) is 0 Å². The summed E-state index contributed by atoms with van der Waals surface area (Å²) >= 11 is 0. The van der Waals surface area contributed by atoms with Gasteiger partial charge in [0.1, 0.15) is 11.6 Å². The second kappa shape index (κ2) is 7.94. The van der Waals surface area contributed by atoms with Gasteiger partial charge in [0.15, 0.2) is 17.5 Å². The molecule has 3 aromatic rings. The van der Waals surface area contributed by atoms with Gasteiger partial charge in [-0.05, 0) is 38.1 Å². The zero-order chi connectivity index (χ0) is 19.4. The maximum absolute atomic E-state index is 13.9. The third-order valence-corrected chi connectivity index (χ3v) is 3.59. The van der Waals surface area contributed by atoms with Gasteiger partial charge < -0.3 is 15.4 Å². The number of anilines is 4. The van der Waals surface area contributed by atoms with Crippen molar-refractivity contribution < 1.29 is 17.9 Å². The fourth-order valence-electron chi connectivity index (χ4n) is 2.42. The third kappa shape index (κ3) is 4.28. The van der Waals surface area contributed by atoms with Crippen molar-refractivity contribution in [3.63, 3.8) is 0 Å². The monoisotopic (exact) mass is 374 g/mol. The molecular weight excluding hydrogens is 357 g/mol. The van der Waals surface area contributed by atoms with Crippen LogP contribution in [0.5, 0.6) is 5.75 Å². The van der Waals surface area contributed by atoms with Crippen molar-refractivity contribution in [3.05, 3.63) is 65.6 Å². The number of nitrogens with zero attached hydrogens (tertiary/aromatic N) is 2. The quantitative estimate of drug-likeness (QED) is 0.589. The van der Waals surface area contributed by atoms with Gasteiger partial charge in [-0.2, -0.15) is 4.98 Å². The van der Waals surface area contributed by atoms with Crippen molar-refractivity contribution in [2.24, 2.45) is 0 Å². The predicted molar refractivity (Wildman–Crippen MR) is 97.3 cm³/mol. The Labute approximate surface area is 154 Å². The van der Waals surface area contributed by atoms with Gasteiger partial charge in [-0.25, -0.2) is 18.2 Å². The highest BCUT2D eigenvalue weighted by Crippen LogP contribution is 2.28. The van der Waals surface area contributed by atoms with Crippen LogP contribution in [0.1, 0.15) is 12.6 Å². The second-order valence-electron chi connectivity index (χ2n) is 5.62. The van der Waals surface area contributed by atoms with Crippen LogP contribution in [-0.4, -0.2) is 16.6 Å². The number of nitrogens with one attached hydrogen (secondary N) is 2. The Morgan fingerprint density at radius 2 is 1.70 bits per heavy atom. The summed E-state index contributed by atoms with van der Waals surface area (Å²) < 4.78 is 45.9. The van der Waals surface area contributed by atoms with Crippen molar-refractivity contribution in [1.82, 2.24) is 9.97 Å².